The number of aromatic nitrogens is 1. The number of halogens is 1. The third-order valence-corrected chi connectivity index (χ3v) is 5.05. The van der Waals surface area contributed by atoms with Crippen LogP contribution in [0.5, 0.6) is 0 Å². The van der Waals surface area contributed by atoms with E-state index < -0.39 is 0 Å². The fourth-order valence-electron chi connectivity index (χ4n) is 1.71. The Hall–Kier alpha value is -0.800. The van der Waals surface area contributed by atoms with E-state index in [1.165, 1.54) is 11.1 Å². The number of thioether (sulfide) groups is 1. The van der Waals surface area contributed by atoms with Crippen molar-refractivity contribution < 1.29 is 0 Å². The van der Waals surface area contributed by atoms with Gasteiger partial charge in [-0.2, -0.15) is 0 Å². The molecule has 0 saturated heterocycles. The molecule has 0 aliphatic heterocycles. The minimum Gasteiger partial charge on any atom is -0.370 e. The number of aliphatic imine (C=N–C) groups is 1. The highest BCUT2D eigenvalue weighted by Crippen LogP contribution is 2.20. The molecular formula is C15H21IN4S2. The maximum absolute atomic E-state index is 5.89. The molecule has 0 amide bonds. The van der Waals surface area contributed by atoms with Crippen molar-refractivity contribution in [3.05, 3.63) is 40.9 Å². The number of hydrogen-bond donors (Lipinski definition) is 2. The third kappa shape index (κ3) is 6.53. The smallest absolute Gasteiger partial charge is 0.193 e. The molecule has 0 radical (unpaired) electrons. The molecule has 0 unspecified atom stereocenters. The molecule has 120 valence electrons. The fourth-order valence-corrected chi connectivity index (χ4v) is 3.34. The Morgan fingerprint density at radius 3 is 2.86 bits per heavy atom. The van der Waals surface area contributed by atoms with Crippen molar-refractivity contribution in [2.45, 2.75) is 24.6 Å². The first-order valence-electron chi connectivity index (χ1n) is 6.81. The lowest BCUT2D eigenvalue weighted by molar-refractivity contribution is 0.939. The Kier molecular flexibility index (Phi) is 8.81. The van der Waals surface area contributed by atoms with Crippen molar-refractivity contribution in [2.75, 3.05) is 17.6 Å². The van der Waals surface area contributed by atoms with Crippen LogP contribution in [0.15, 0.2) is 39.1 Å². The highest BCUT2D eigenvalue weighted by Gasteiger charge is 1.99. The minimum atomic E-state index is 0. The predicted molar refractivity (Wildman–Crippen MR) is 109 cm³/mol. The monoisotopic (exact) mass is 448 g/mol. The molecule has 22 heavy (non-hydrogen) atoms. The molecule has 1 heterocycles. The van der Waals surface area contributed by atoms with Crippen LogP contribution in [0.3, 0.4) is 0 Å². The highest BCUT2D eigenvalue weighted by atomic mass is 127. The van der Waals surface area contributed by atoms with Gasteiger partial charge in [0.1, 0.15) is 4.34 Å². The Labute approximate surface area is 157 Å². The van der Waals surface area contributed by atoms with Crippen LogP contribution in [0, 0.1) is 13.8 Å². The van der Waals surface area contributed by atoms with Crippen LogP contribution in [0.1, 0.15) is 17.5 Å². The second kappa shape index (κ2) is 10.1. The molecule has 0 aliphatic rings. The molecule has 1 aromatic heterocycles. The Bertz CT molecular complexity index is 600. The van der Waals surface area contributed by atoms with Crippen molar-refractivity contribution in [1.29, 1.82) is 0 Å². The number of nitrogens with one attached hydrogen (secondary N) is 1. The summed E-state index contributed by atoms with van der Waals surface area (Å²) in [6.45, 7) is 4.91. The fraction of sp³-hybridized carbons (Fsp3) is 0.333. The van der Waals surface area contributed by atoms with Gasteiger partial charge in [-0.1, -0.05) is 17.8 Å². The van der Waals surface area contributed by atoms with Gasteiger partial charge in [0, 0.05) is 29.6 Å². The molecule has 2 rings (SSSR count). The van der Waals surface area contributed by atoms with Crippen LogP contribution in [0.4, 0.5) is 5.69 Å². The first kappa shape index (κ1) is 19.2. The SMILES string of the molecule is Cc1ccc(NC(N)=NCCCSc2nccs2)cc1C.I. The van der Waals surface area contributed by atoms with Gasteiger partial charge in [-0.15, -0.1) is 35.3 Å². The van der Waals surface area contributed by atoms with E-state index in [1.807, 2.05) is 17.6 Å². The van der Waals surface area contributed by atoms with Gasteiger partial charge in [-0.05, 0) is 43.5 Å². The number of nitrogens with zero attached hydrogens (tertiary/aromatic N) is 2. The van der Waals surface area contributed by atoms with Crippen molar-refractivity contribution in [1.82, 2.24) is 4.98 Å². The maximum Gasteiger partial charge on any atom is 0.193 e. The molecule has 2 aromatic rings. The first-order valence-corrected chi connectivity index (χ1v) is 8.68. The standard InChI is InChI=1S/C15H20N4S2.HI/c1-11-4-5-13(10-12(11)2)19-14(16)17-6-3-8-20-15-18-7-9-21-15;/h4-5,7,9-10H,3,6,8H2,1-2H3,(H3,16,17,19);1H. The van der Waals surface area contributed by atoms with E-state index in [4.69, 9.17) is 5.73 Å². The average Bonchev–Trinajstić information content (AvgIpc) is 2.96. The van der Waals surface area contributed by atoms with E-state index >= 15 is 0 Å². The summed E-state index contributed by atoms with van der Waals surface area (Å²) in [6, 6.07) is 6.18. The quantitative estimate of drug-likeness (QED) is 0.228. The lowest BCUT2D eigenvalue weighted by Crippen LogP contribution is -2.23. The summed E-state index contributed by atoms with van der Waals surface area (Å²) >= 11 is 3.43. The lowest BCUT2D eigenvalue weighted by atomic mass is 10.1. The van der Waals surface area contributed by atoms with Gasteiger partial charge in [-0.25, -0.2) is 4.98 Å². The zero-order valence-corrected chi connectivity index (χ0v) is 16.7. The molecule has 0 spiro atoms. The van der Waals surface area contributed by atoms with Gasteiger partial charge in [0.2, 0.25) is 0 Å². The third-order valence-electron chi connectivity index (χ3n) is 3.00. The zero-order valence-electron chi connectivity index (χ0n) is 12.7. The zero-order chi connectivity index (χ0) is 15.1. The number of anilines is 1. The van der Waals surface area contributed by atoms with E-state index in [1.54, 1.807) is 23.1 Å². The summed E-state index contributed by atoms with van der Waals surface area (Å²) in [5.41, 5.74) is 9.39. The summed E-state index contributed by atoms with van der Waals surface area (Å²) < 4.78 is 1.11. The van der Waals surface area contributed by atoms with Crippen LogP contribution in [-0.4, -0.2) is 23.2 Å². The van der Waals surface area contributed by atoms with E-state index in [0.29, 0.717) is 5.96 Å². The van der Waals surface area contributed by atoms with Crippen molar-refractivity contribution in [2.24, 2.45) is 10.7 Å². The van der Waals surface area contributed by atoms with Gasteiger partial charge in [0.05, 0.1) is 0 Å². The number of rotatable bonds is 6. The molecule has 3 N–H and O–H groups in total. The molecule has 7 heteroatoms. The van der Waals surface area contributed by atoms with Crippen LogP contribution in [0.2, 0.25) is 0 Å². The Morgan fingerprint density at radius 2 is 2.18 bits per heavy atom. The van der Waals surface area contributed by atoms with Crippen molar-refractivity contribution in [3.63, 3.8) is 0 Å². The number of benzene rings is 1. The topological polar surface area (TPSA) is 63.3 Å². The summed E-state index contributed by atoms with van der Waals surface area (Å²) in [7, 11) is 0. The lowest BCUT2D eigenvalue weighted by Gasteiger charge is -2.08. The van der Waals surface area contributed by atoms with Crippen molar-refractivity contribution in [3.8, 4) is 0 Å². The van der Waals surface area contributed by atoms with Gasteiger partial charge in [0.25, 0.3) is 0 Å². The number of aryl methyl sites for hydroxylation is 2. The van der Waals surface area contributed by atoms with Crippen molar-refractivity contribution >= 4 is 58.7 Å². The van der Waals surface area contributed by atoms with Crippen LogP contribution < -0.4 is 11.1 Å². The normalized spacial score (nSPS) is 11.1. The molecule has 4 nitrogen and oxygen atoms in total. The van der Waals surface area contributed by atoms with Gasteiger partial charge in [-0.3, -0.25) is 4.99 Å². The molecule has 0 fully saturated rings. The average molecular weight is 448 g/mol. The Balaban J connectivity index is 0.00000242. The largest absolute Gasteiger partial charge is 0.370 e. The minimum absolute atomic E-state index is 0. The van der Waals surface area contributed by atoms with E-state index in [-0.39, 0.29) is 24.0 Å². The Morgan fingerprint density at radius 1 is 1.36 bits per heavy atom. The van der Waals surface area contributed by atoms with Crippen LogP contribution in [0.25, 0.3) is 0 Å². The second-order valence-electron chi connectivity index (χ2n) is 4.69. The second-order valence-corrected chi connectivity index (χ2v) is 6.93. The van der Waals surface area contributed by atoms with Crippen LogP contribution in [-0.2, 0) is 0 Å². The van der Waals surface area contributed by atoms with Gasteiger partial charge in [0.15, 0.2) is 5.96 Å². The maximum atomic E-state index is 5.89. The van der Waals surface area contributed by atoms with Gasteiger partial charge >= 0.3 is 0 Å². The summed E-state index contributed by atoms with van der Waals surface area (Å²) in [6.07, 6.45) is 2.82. The molecular weight excluding hydrogens is 427 g/mol. The summed E-state index contributed by atoms with van der Waals surface area (Å²) in [5, 5.41) is 5.12. The van der Waals surface area contributed by atoms with E-state index in [9.17, 15) is 0 Å². The molecule has 0 atom stereocenters. The number of nitrogens with two attached hydrogens (primary N) is 1. The highest BCUT2D eigenvalue weighted by molar-refractivity contribution is 14.0. The van der Waals surface area contributed by atoms with Crippen LogP contribution >= 0.6 is 47.1 Å². The van der Waals surface area contributed by atoms with E-state index in [2.05, 4.69) is 41.3 Å². The summed E-state index contributed by atoms with van der Waals surface area (Å²) in [4.78, 5) is 8.57. The first-order chi connectivity index (χ1) is 10.1. The molecule has 0 bridgehead atoms. The summed E-state index contributed by atoms with van der Waals surface area (Å²) in [5.74, 6) is 1.48. The van der Waals surface area contributed by atoms with E-state index in [0.717, 1.165) is 28.7 Å². The predicted octanol–water partition coefficient (Wildman–Crippen LogP) is 4.29. The molecule has 1 aromatic carbocycles. The van der Waals surface area contributed by atoms with Gasteiger partial charge < -0.3 is 11.1 Å². The number of hydrogen-bond acceptors (Lipinski definition) is 4. The molecule has 0 aliphatic carbocycles. The number of guanidine groups is 1. The number of thiazole rings is 1. The molecule has 0 saturated carbocycles.